The van der Waals surface area contributed by atoms with E-state index in [-0.39, 0.29) is 0 Å². The molecule has 0 amide bonds. The fraction of sp³-hybridized carbons (Fsp3) is 0.247. The standard InChI is InChI=1S/C35H36N6O3.C31H27N5O3.C19H20N6O.C4H9NO/c1-42-28-8-3-24(4-9-28)21-36-35-31-20-27(23-40-15-17-44-18-16-40)41(22-25-5-10-29(43-2)11-6-25)34(31)30-12-7-26(19-33(30)38-35)32-13-14-37-39-32;1-38-24-8-3-20(4-9-24)17-32-31-27-16-23(19-37)36(18-21-5-10-25(39-2)11-6-21)30(27)26-12-7-22(15-29(26)34-31)28-13-14-33-35-28;20-19-15-10-13(11-25-5-7-26-8-6-25)22-18(15)14-2-1-12(9-17(14)23-19)16-3-4-21-24-16;1-3-6-4-2-5-1/h3-14,19-20H,15-18,21-23H2,1-2H3,(H,36,38)(H,37,39);3-16,19H,17-18H2,1-2H3,(H,32,34)(H,33,35);1-4,9-10,22H,5-8,11H2,(H2,20,23)(H,21,24);5H,1-4H2. The molecule has 9 N–H and O–H groups in total. The smallest absolute Gasteiger partial charge is 0.166 e. The molecule has 7 aromatic carbocycles. The minimum atomic E-state index is 0.529. The normalized spacial score (nSPS) is 13.9. The molecule has 12 heterocycles. The summed E-state index contributed by atoms with van der Waals surface area (Å²) in [6, 6.07) is 63.4. The van der Waals surface area contributed by atoms with Crippen LogP contribution in [0.2, 0.25) is 0 Å². The number of nitrogens with one attached hydrogen (secondary N) is 7. The molecule has 3 aliphatic rings. The highest BCUT2D eigenvalue weighted by Crippen LogP contribution is 2.39. The van der Waals surface area contributed by atoms with E-state index in [0.717, 1.165) is 250 Å². The number of nitrogens with zero attached hydrogens (tertiary/aromatic N) is 10. The van der Waals surface area contributed by atoms with E-state index in [0.29, 0.717) is 37.0 Å². The lowest BCUT2D eigenvalue weighted by Gasteiger charge is -2.27. The number of anilines is 3. The number of hydrogen-bond donors (Lipinski definition) is 8. The Hall–Kier alpha value is -13.0. The Morgan fingerprint density at radius 2 is 0.843 bits per heavy atom. The fourth-order valence-corrected chi connectivity index (χ4v) is 14.9. The van der Waals surface area contributed by atoms with Gasteiger partial charge in [0.25, 0.3) is 0 Å². The molecule has 9 aromatic heterocycles. The minimum Gasteiger partial charge on any atom is -0.497 e. The number of aldehydes is 1. The van der Waals surface area contributed by atoms with Gasteiger partial charge in [0.05, 0.1) is 124 Å². The fourth-order valence-electron chi connectivity index (χ4n) is 14.9. The SMILES string of the molecule is C1COCCN1.COc1ccc(CNc2nc3cc(-c4ccn[nH]4)ccc3c3c2cc(C=O)n3Cc2ccc(OC)cc2)cc1.COc1ccc(CNc2nc3cc(-c4ccn[nH]4)ccc3c3c2cc(CN2CCOCC2)n3Cc2ccc(OC)cc2)cc1.Nc1nc2cc(-c3ccn[nH]3)ccc2c2[nH]c(CN3CCOCC3)cc12. The van der Waals surface area contributed by atoms with Gasteiger partial charge in [0.15, 0.2) is 6.29 Å². The predicted molar refractivity (Wildman–Crippen MR) is 451 cm³/mol. The van der Waals surface area contributed by atoms with Gasteiger partial charge in [0.2, 0.25) is 0 Å². The van der Waals surface area contributed by atoms with E-state index >= 15 is 0 Å². The first-order valence-corrected chi connectivity index (χ1v) is 38.6. The zero-order valence-electron chi connectivity index (χ0n) is 64.8. The number of ether oxygens (including phenoxy) is 7. The van der Waals surface area contributed by atoms with Crippen LogP contribution in [-0.2, 0) is 53.5 Å². The van der Waals surface area contributed by atoms with Gasteiger partial charge in [-0.1, -0.05) is 84.9 Å². The van der Waals surface area contributed by atoms with Crippen molar-refractivity contribution in [3.8, 4) is 56.8 Å². The Morgan fingerprint density at radius 3 is 1.27 bits per heavy atom. The number of pyridine rings is 3. The molecule has 26 nitrogen and oxygen atoms in total. The summed E-state index contributed by atoms with van der Waals surface area (Å²) in [7, 11) is 6.69. The van der Waals surface area contributed by atoms with Crippen LogP contribution < -0.4 is 40.6 Å². The maximum Gasteiger partial charge on any atom is 0.166 e. The Labute approximate surface area is 664 Å². The van der Waals surface area contributed by atoms with Crippen LogP contribution in [0.25, 0.3) is 99.2 Å². The lowest BCUT2D eigenvalue weighted by Crippen LogP contribution is -2.36. The van der Waals surface area contributed by atoms with Crippen molar-refractivity contribution >= 4 is 89.2 Å². The molecule has 26 heteroatoms. The van der Waals surface area contributed by atoms with Crippen molar-refractivity contribution in [3.05, 3.63) is 246 Å². The van der Waals surface area contributed by atoms with Crippen molar-refractivity contribution in [2.75, 3.05) is 124 Å². The van der Waals surface area contributed by atoms with E-state index in [9.17, 15) is 4.79 Å². The topological polar surface area (TPSA) is 301 Å². The van der Waals surface area contributed by atoms with Crippen molar-refractivity contribution < 1.29 is 38.0 Å². The molecule has 3 aliphatic heterocycles. The van der Waals surface area contributed by atoms with E-state index < -0.39 is 0 Å². The molecule has 115 heavy (non-hydrogen) atoms. The molecular weight excluding hydrogens is 1450 g/mol. The number of carbonyl (C=O) groups excluding carboxylic acids is 1. The lowest BCUT2D eigenvalue weighted by molar-refractivity contribution is 0.0333. The molecule has 0 saturated carbocycles. The van der Waals surface area contributed by atoms with E-state index in [1.807, 2.05) is 115 Å². The lowest BCUT2D eigenvalue weighted by atomic mass is 10.1. The first-order valence-electron chi connectivity index (χ1n) is 38.6. The number of nitrogens with two attached hydrogens (primary N) is 1. The largest absolute Gasteiger partial charge is 0.497 e. The maximum absolute atomic E-state index is 12.3. The molecule has 19 rings (SSSR count). The number of benzene rings is 7. The van der Waals surface area contributed by atoms with Crippen molar-refractivity contribution in [3.63, 3.8) is 0 Å². The number of hydrogen-bond acceptors (Lipinski definition) is 20. The van der Waals surface area contributed by atoms with Crippen LogP contribution in [0, 0.1) is 0 Å². The predicted octanol–water partition coefficient (Wildman–Crippen LogP) is 14.3. The van der Waals surface area contributed by atoms with Gasteiger partial charge in [-0.05, 0) is 125 Å². The van der Waals surface area contributed by atoms with Gasteiger partial charge in [-0.2, -0.15) is 15.3 Å². The number of H-pyrrole nitrogens is 4. The molecule has 0 bridgehead atoms. The van der Waals surface area contributed by atoms with E-state index in [4.69, 9.17) is 48.9 Å². The monoisotopic (exact) mass is 1540 g/mol. The van der Waals surface area contributed by atoms with Gasteiger partial charge >= 0.3 is 0 Å². The number of aromatic amines is 4. The summed E-state index contributed by atoms with van der Waals surface area (Å²) in [5.74, 6) is 5.42. The van der Waals surface area contributed by atoms with Gasteiger partial charge in [0, 0.05) is 158 Å². The third-order valence-electron chi connectivity index (χ3n) is 21.1. The summed E-state index contributed by atoms with van der Waals surface area (Å²) >= 11 is 0. The van der Waals surface area contributed by atoms with Gasteiger partial charge in [-0.3, -0.25) is 29.9 Å². The highest BCUT2D eigenvalue weighted by atomic mass is 16.5. The average molecular weight is 1540 g/mol. The Morgan fingerprint density at radius 1 is 0.426 bits per heavy atom. The Bertz CT molecular complexity index is 5900. The third-order valence-corrected chi connectivity index (χ3v) is 21.1. The number of morpholine rings is 3. The van der Waals surface area contributed by atoms with Gasteiger partial charge in [-0.15, -0.1) is 0 Å². The van der Waals surface area contributed by atoms with E-state index in [1.54, 1.807) is 47.0 Å². The minimum absolute atomic E-state index is 0.529. The Kier molecular flexibility index (Phi) is 23.7. The van der Waals surface area contributed by atoms with Crippen LogP contribution in [0.5, 0.6) is 23.0 Å². The van der Waals surface area contributed by atoms with Crippen molar-refractivity contribution in [1.82, 2.24) is 74.8 Å². The van der Waals surface area contributed by atoms with Crippen LogP contribution in [0.1, 0.15) is 44.1 Å². The first-order chi connectivity index (χ1) is 56.6. The van der Waals surface area contributed by atoms with E-state index in [2.05, 4.69) is 148 Å². The molecule has 0 spiro atoms. The first kappa shape index (κ1) is 76.1. The molecule has 586 valence electrons. The number of methoxy groups -OCH3 is 4. The van der Waals surface area contributed by atoms with Crippen LogP contribution in [-0.4, -0.2) is 183 Å². The quantitative estimate of drug-likeness (QED) is 0.0292. The zero-order chi connectivity index (χ0) is 78.4. The summed E-state index contributed by atoms with van der Waals surface area (Å²) in [6.45, 7) is 14.8. The second kappa shape index (κ2) is 35.8. The highest BCUT2D eigenvalue weighted by Gasteiger charge is 2.24. The highest BCUT2D eigenvalue weighted by molar-refractivity contribution is 6.13. The summed E-state index contributed by atoms with van der Waals surface area (Å²) < 4.78 is 42.0. The molecule has 3 fully saturated rings. The Balaban J connectivity index is 0.000000128. The number of nitrogen functional groups attached to an aromatic ring is 1. The van der Waals surface area contributed by atoms with Crippen LogP contribution in [0.15, 0.2) is 207 Å². The summed E-state index contributed by atoms with van der Waals surface area (Å²) in [6.07, 6.45) is 6.15. The van der Waals surface area contributed by atoms with Crippen LogP contribution in [0.4, 0.5) is 17.5 Å². The second-order valence-electron chi connectivity index (χ2n) is 28.4. The van der Waals surface area contributed by atoms with Crippen molar-refractivity contribution in [2.45, 2.75) is 39.3 Å². The third kappa shape index (κ3) is 17.6. The molecule has 0 unspecified atom stereocenters. The number of rotatable bonds is 22. The van der Waals surface area contributed by atoms with Crippen LogP contribution >= 0.6 is 0 Å². The summed E-state index contributed by atoms with van der Waals surface area (Å²) in [5.41, 5.74) is 25.4. The molecule has 0 aliphatic carbocycles. The number of aromatic nitrogens is 12. The number of fused-ring (bicyclic) bond motifs is 9. The molecule has 3 saturated heterocycles. The molecular formula is C89H92N18O8. The zero-order valence-corrected chi connectivity index (χ0v) is 64.8. The van der Waals surface area contributed by atoms with Crippen molar-refractivity contribution in [1.29, 1.82) is 0 Å². The van der Waals surface area contributed by atoms with Gasteiger partial charge in [0.1, 0.15) is 40.5 Å². The van der Waals surface area contributed by atoms with Crippen LogP contribution in [0.3, 0.4) is 0 Å². The van der Waals surface area contributed by atoms with Gasteiger partial charge in [-0.25, -0.2) is 15.0 Å². The summed E-state index contributed by atoms with van der Waals surface area (Å²) in [5, 5.41) is 37.9. The average Bonchev–Trinajstić information content (AvgIpc) is 1.62. The van der Waals surface area contributed by atoms with Gasteiger partial charge < -0.3 is 69.0 Å². The molecule has 16 aromatic rings. The summed E-state index contributed by atoms with van der Waals surface area (Å²) in [4.78, 5) is 35.6. The maximum atomic E-state index is 12.3. The second-order valence-corrected chi connectivity index (χ2v) is 28.4. The van der Waals surface area contributed by atoms with E-state index in [1.165, 1.54) is 16.8 Å². The molecule has 0 radical (unpaired) electrons. The van der Waals surface area contributed by atoms with Crippen molar-refractivity contribution in [2.24, 2.45) is 0 Å². The molecule has 0 atom stereocenters. The number of carbonyl (C=O) groups is 1.